The third-order valence-electron chi connectivity index (χ3n) is 7.78. The van der Waals surface area contributed by atoms with E-state index in [4.69, 9.17) is 0 Å². The van der Waals surface area contributed by atoms with Crippen LogP contribution in [0, 0.1) is 0 Å². The van der Waals surface area contributed by atoms with E-state index < -0.39 is 15.8 Å². The molecule has 0 fully saturated rings. The third-order valence-corrected chi connectivity index (χ3v) is 12.6. The zero-order chi connectivity index (χ0) is 29.6. The monoisotopic (exact) mass is 848 g/mol. The second-order valence-corrected chi connectivity index (χ2v) is 15.1. The van der Waals surface area contributed by atoms with Crippen molar-refractivity contribution in [3.05, 3.63) is 194 Å². The molecule has 0 aliphatic rings. The van der Waals surface area contributed by atoms with Gasteiger partial charge in [-0.1, -0.05) is 133 Å². The maximum Gasteiger partial charge on any atom is 4.00 e. The van der Waals surface area contributed by atoms with Crippen LogP contribution < -0.4 is 56.6 Å². The molecular weight excluding hydrogens is 816 g/mol. The summed E-state index contributed by atoms with van der Waals surface area (Å²) in [4.78, 5) is 0. The van der Waals surface area contributed by atoms with Crippen molar-refractivity contribution in [3.63, 3.8) is 0 Å². The van der Waals surface area contributed by atoms with Gasteiger partial charge in [-0.15, -0.1) is 80.7 Å². The summed E-state index contributed by atoms with van der Waals surface area (Å²) in [6.45, 7) is 0. The molecule has 228 valence electrons. The van der Waals surface area contributed by atoms with E-state index in [1.165, 1.54) is 53.4 Å². The van der Waals surface area contributed by atoms with E-state index in [-0.39, 0.29) is 50.7 Å². The second-order valence-electron chi connectivity index (χ2n) is 10.7. The first kappa shape index (κ1) is 36.7. The van der Waals surface area contributed by atoms with E-state index in [0.29, 0.717) is 0 Å². The summed E-state index contributed by atoms with van der Waals surface area (Å²) < 4.78 is 0. The molecule has 0 aliphatic heterocycles. The number of hydrogen-bond acceptors (Lipinski definition) is 0. The molecule has 8 rings (SSSR count). The average Bonchev–Trinajstić information content (AvgIpc) is 3.72. The van der Waals surface area contributed by atoms with Crippen molar-refractivity contribution < 1.29 is 50.7 Å². The zero-order valence-electron chi connectivity index (χ0n) is 25.6. The maximum atomic E-state index is 2.35. The molecule has 0 bridgehead atoms. The minimum Gasteiger partial charge on any atom is -1.00 e. The van der Waals surface area contributed by atoms with Gasteiger partial charge in [-0.05, 0) is 37.1 Å². The van der Waals surface area contributed by atoms with Crippen LogP contribution in [0.15, 0.2) is 194 Å². The van der Waals surface area contributed by atoms with Gasteiger partial charge in [0, 0.05) is 0 Å². The van der Waals surface area contributed by atoms with Crippen LogP contribution in [0.4, 0.5) is 0 Å². The molecule has 0 nitrogen and oxygen atoms in total. The van der Waals surface area contributed by atoms with Crippen molar-refractivity contribution >= 4 is 69.2 Å². The molecule has 0 saturated heterocycles. The van der Waals surface area contributed by atoms with Gasteiger partial charge < -0.3 is 24.8 Å². The van der Waals surface area contributed by atoms with Crippen LogP contribution in [-0.4, -0.2) is 0 Å². The van der Waals surface area contributed by atoms with E-state index in [9.17, 15) is 0 Å². The second kappa shape index (κ2) is 17.8. The van der Waals surface area contributed by atoms with Gasteiger partial charge in [0.15, 0.2) is 0 Å². The predicted molar refractivity (Wildman–Crippen MR) is 196 cm³/mol. The fourth-order valence-corrected chi connectivity index (χ4v) is 10.5. The van der Waals surface area contributed by atoms with Crippen molar-refractivity contribution in [3.8, 4) is 0 Å². The Morgan fingerprint density at radius 3 is 0.851 bits per heavy atom. The first-order chi connectivity index (χ1) is 21.8. The molecule has 8 aromatic carbocycles. The van der Waals surface area contributed by atoms with Crippen LogP contribution in [0.2, 0.25) is 0 Å². The molecule has 0 radical (unpaired) electrons. The minimum absolute atomic E-state index is 0. The van der Waals surface area contributed by atoms with Gasteiger partial charge in [0.2, 0.25) is 0 Å². The molecular formula is C42H32Cl2HfP2. The van der Waals surface area contributed by atoms with E-state index >= 15 is 0 Å². The molecule has 0 amide bonds. The molecule has 0 atom stereocenters. The van der Waals surface area contributed by atoms with Gasteiger partial charge in [0.05, 0.1) is 0 Å². The van der Waals surface area contributed by atoms with Gasteiger partial charge >= 0.3 is 25.8 Å². The van der Waals surface area contributed by atoms with Crippen LogP contribution >= 0.6 is 15.8 Å². The summed E-state index contributed by atoms with van der Waals surface area (Å²) in [5.41, 5.74) is 0. The summed E-state index contributed by atoms with van der Waals surface area (Å²) in [5, 5.41) is 13.8. The van der Waals surface area contributed by atoms with Gasteiger partial charge in [-0.3, -0.25) is 0 Å². The Morgan fingerprint density at radius 2 is 0.574 bits per heavy atom. The summed E-state index contributed by atoms with van der Waals surface area (Å²) in [6, 6.07) is 70.0. The average molecular weight is 848 g/mol. The van der Waals surface area contributed by atoms with E-state index in [0.717, 1.165) is 0 Å². The van der Waals surface area contributed by atoms with Crippen molar-refractivity contribution in [2.75, 3.05) is 0 Å². The summed E-state index contributed by atoms with van der Waals surface area (Å²) >= 11 is 0. The van der Waals surface area contributed by atoms with E-state index in [1.54, 1.807) is 0 Å². The Bertz CT molecular complexity index is 1780. The molecule has 0 unspecified atom stereocenters. The Balaban J connectivity index is 0.000000200. The molecule has 0 aliphatic carbocycles. The Hall–Kier alpha value is -3.15. The third kappa shape index (κ3) is 8.66. The standard InChI is InChI=1S/2C21H16P.2ClH.Hf/c2*1-3-11-19(12-4-1)22(20-13-5-2-6-14-20)21-15-17-9-7-8-10-18(17)16-21;;;/h2*1-16H;2*1H;/q2*-1;;;+4/p-2. The largest absolute Gasteiger partial charge is 4.00 e. The Kier molecular flexibility index (Phi) is 13.9. The van der Waals surface area contributed by atoms with Gasteiger partial charge in [0.25, 0.3) is 0 Å². The van der Waals surface area contributed by atoms with Crippen LogP contribution in [-0.2, 0) is 25.8 Å². The van der Waals surface area contributed by atoms with E-state index in [2.05, 4.69) is 194 Å². The smallest absolute Gasteiger partial charge is 1.00 e. The molecule has 0 aromatic heterocycles. The van der Waals surface area contributed by atoms with Gasteiger partial charge in [0.1, 0.15) is 0 Å². The minimum atomic E-state index is -0.493. The van der Waals surface area contributed by atoms with Gasteiger partial charge in [-0.25, -0.2) is 0 Å². The fraction of sp³-hybridized carbons (Fsp3) is 0. The molecule has 8 aromatic rings. The first-order valence-corrected chi connectivity index (χ1v) is 17.6. The Morgan fingerprint density at radius 1 is 0.319 bits per heavy atom. The number of hydrogen-bond donors (Lipinski definition) is 0. The molecule has 0 heterocycles. The van der Waals surface area contributed by atoms with Crippen molar-refractivity contribution in [1.29, 1.82) is 0 Å². The van der Waals surface area contributed by atoms with Crippen molar-refractivity contribution in [2.24, 2.45) is 0 Å². The summed E-state index contributed by atoms with van der Waals surface area (Å²) in [5.74, 6) is 0. The predicted octanol–water partition coefficient (Wildman–Crippen LogP) is 2.64. The maximum absolute atomic E-state index is 2.35. The number of benzene rings is 6. The summed E-state index contributed by atoms with van der Waals surface area (Å²) in [7, 11) is -0.986. The van der Waals surface area contributed by atoms with Crippen LogP contribution in [0.5, 0.6) is 0 Å². The normalized spacial score (nSPS) is 10.4. The number of rotatable bonds is 6. The van der Waals surface area contributed by atoms with E-state index in [1.807, 2.05) is 0 Å². The molecule has 5 heteroatoms. The topological polar surface area (TPSA) is 0 Å². The molecule has 0 N–H and O–H groups in total. The quantitative estimate of drug-likeness (QED) is 0.137. The van der Waals surface area contributed by atoms with Crippen LogP contribution in [0.1, 0.15) is 0 Å². The summed E-state index contributed by atoms with van der Waals surface area (Å²) in [6.07, 6.45) is 0. The molecule has 0 spiro atoms. The number of fused-ring (bicyclic) bond motifs is 2. The number of halogens is 2. The molecule has 47 heavy (non-hydrogen) atoms. The zero-order valence-corrected chi connectivity index (χ0v) is 32.5. The fourth-order valence-electron chi connectivity index (χ4n) is 5.73. The SMILES string of the molecule is [Cl-].[Cl-].[Hf+4].c1ccc(P(c2ccccc2)c2cc3ccccc3[cH-]2)cc1.c1ccc(P(c2ccccc2)c2cc3ccccc3[cH-]2)cc1. The van der Waals surface area contributed by atoms with Crippen molar-refractivity contribution in [2.45, 2.75) is 0 Å². The Labute approximate surface area is 311 Å². The van der Waals surface area contributed by atoms with Crippen LogP contribution in [0.25, 0.3) is 21.5 Å². The van der Waals surface area contributed by atoms with Crippen LogP contribution in [0.3, 0.4) is 0 Å². The van der Waals surface area contributed by atoms with Crippen molar-refractivity contribution in [1.82, 2.24) is 0 Å². The first-order valence-electron chi connectivity index (χ1n) is 14.9. The molecule has 0 saturated carbocycles. The van der Waals surface area contributed by atoms with Gasteiger partial charge in [-0.2, -0.15) is 12.1 Å².